The van der Waals surface area contributed by atoms with E-state index in [-0.39, 0.29) is 16.5 Å². The number of nitrogens with one attached hydrogen (secondary N) is 2. The Hall–Kier alpha value is -3.75. The number of carbonyl (C=O) groups excluding carboxylic acids is 1. The zero-order chi connectivity index (χ0) is 27.4. The van der Waals surface area contributed by atoms with Gasteiger partial charge < -0.3 is 24.8 Å². The van der Waals surface area contributed by atoms with Crippen LogP contribution in [0.3, 0.4) is 0 Å². The van der Waals surface area contributed by atoms with Gasteiger partial charge in [-0.2, -0.15) is 5.26 Å². The summed E-state index contributed by atoms with van der Waals surface area (Å²) >= 11 is 5.94. The van der Waals surface area contributed by atoms with Gasteiger partial charge in [-0.3, -0.25) is 14.7 Å². The second-order valence-electron chi connectivity index (χ2n) is 9.28. The number of anilines is 3. The number of carbonyl (C=O) groups is 1. The smallest absolute Gasteiger partial charge is 0.248 e. The summed E-state index contributed by atoms with van der Waals surface area (Å²) in [5.41, 5.74) is 2.14. The van der Waals surface area contributed by atoms with Crippen molar-refractivity contribution < 1.29 is 23.4 Å². The van der Waals surface area contributed by atoms with Crippen LogP contribution in [0.2, 0.25) is 5.02 Å². The maximum atomic E-state index is 13.7. The van der Waals surface area contributed by atoms with Crippen molar-refractivity contribution in [1.82, 2.24) is 9.88 Å². The van der Waals surface area contributed by atoms with Gasteiger partial charge in [0.15, 0.2) is 5.79 Å². The van der Waals surface area contributed by atoms with E-state index in [9.17, 15) is 14.4 Å². The minimum atomic E-state index is -0.550. The Morgan fingerprint density at radius 3 is 2.74 bits per heavy atom. The lowest BCUT2D eigenvalue weighted by Gasteiger charge is -2.37. The molecule has 1 amide bonds. The van der Waals surface area contributed by atoms with Crippen LogP contribution in [0.1, 0.15) is 18.4 Å². The zero-order valence-corrected chi connectivity index (χ0v) is 22.1. The average Bonchev–Trinajstić information content (AvgIpc) is 3.39. The standard InChI is InChI=1S/C28H27ClFN5O4/c1-37-25-15-23-20(27(18(16-31)17-32-23)33-19-4-5-22(30)21(29)13-19)14-24(25)34-26(36)3-2-8-35-9-6-28(7-10-35)38-11-12-39-28/h2-5,13-15,17H,6-12H2,1H3,(H,32,33)(H,34,36). The summed E-state index contributed by atoms with van der Waals surface area (Å²) in [6, 6.07) is 9.66. The number of ether oxygens (including phenoxy) is 3. The molecule has 0 atom stereocenters. The number of hydrogen-bond donors (Lipinski definition) is 2. The molecular formula is C28H27ClFN5O4. The molecule has 0 saturated carbocycles. The molecule has 202 valence electrons. The molecule has 2 saturated heterocycles. The quantitative estimate of drug-likeness (QED) is 0.396. The number of benzene rings is 2. The summed E-state index contributed by atoms with van der Waals surface area (Å²) in [6.07, 6.45) is 6.35. The number of pyridine rings is 1. The monoisotopic (exact) mass is 551 g/mol. The van der Waals surface area contributed by atoms with Crippen LogP contribution in [-0.2, 0) is 14.3 Å². The molecule has 11 heteroatoms. The van der Waals surface area contributed by atoms with Gasteiger partial charge in [0.25, 0.3) is 0 Å². The molecule has 0 aliphatic carbocycles. The normalized spacial score (nSPS) is 17.0. The first-order chi connectivity index (χ1) is 18.9. The number of piperidine rings is 1. The van der Waals surface area contributed by atoms with E-state index in [4.69, 9.17) is 25.8 Å². The number of rotatable bonds is 7. The lowest BCUT2D eigenvalue weighted by Crippen LogP contribution is -2.45. The minimum Gasteiger partial charge on any atom is -0.494 e. The van der Waals surface area contributed by atoms with Crippen LogP contribution in [0.4, 0.5) is 21.5 Å². The Morgan fingerprint density at radius 1 is 1.28 bits per heavy atom. The third-order valence-electron chi connectivity index (χ3n) is 6.82. The fourth-order valence-electron chi connectivity index (χ4n) is 4.77. The molecule has 3 aromatic rings. The molecule has 2 N–H and O–H groups in total. The van der Waals surface area contributed by atoms with Crippen LogP contribution in [0, 0.1) is 17.1 Å². The van der Waals surface area contributed by atoms with Crippen molar-refractivity contribution in [2.24, 2.45) is 0 Å². The van der Waals surface area contributed by atoms with Gasteiger partial charge in [0.2, 0.25) is 5.91 Å². The van der Waals surface area contributed by atoms with Gasteiger partial charge in [0.1, 0.15) is 17.6 Å². The number of amides is 1. The molecule has 0 radical (unpaired) electrons. The summed E-state index contributed by atoms with van der Waals surface area (Å²) in [7, 11) is 1.50. The molecular weight excluding hydrogens is 525 g/mol. The lowest BCUT2D eigenvalue weighted by atomic mass is 10.0. The molecule has 1 aromatic heterocycles. The Morgan fingerprint density at radius 2 is 2.05 bits per heavy atom. The molecule has 2 aliphatic heterocycles. The van der Waals surface area contributed by atoms with Crippen LogP contribution in [0.25, 0.3) is 10.9 Å². The van der Waals surface area contributed by atoms with Gasteiger partial charge in [-0.25, -0.2) is 4.39 Å². The zero-order valence-electron chi connectivity index (χ0n) is 21.3. The van der Waals surface area contributed by atoms with E-state index in [1.54, 1.807) is 12.1 Å². The van der Waals surface area contributed by atoms with Crippen LogP contribution >= 0.6 is 11.6 Å². The Labute approximate surface area is 230 Å². The predicted molar refractivity (Wildman–Crippen MR) is 146 cm³/mol. The number of fused-ring (bicyclic) bond motifs is 1. The summed E-state index contributed by atoms with van der Waals surface area (Å²) in [6.45, 7) is 3.57. The first-order valence-electron chi connectivity index (χ1n) is 12.5. The van der Waals surface area contributed by atoms with Crippen molar-refractivity contribution >= 4 is 45.5 Å². The maximum Gasteiger partial charge on any atom is 0.248 e. The second-order valence-corrected chi connectivity index (χ2v) is 9.69. The molecule has 2 fully saturated rings. The third kappa shape index (κ3) is 5.97. The van der Waals surface area contributed by atoms with Gasteiger partial charge in [0.05, 0.1) is 47.8 Å². The fraction of sp³-hybridized carbons (Fsp3) is 0.321. The second kappa shape index (κ2) is 11.6. The Balaban J connectivity index is 1.33. The molecule has 5 rings (SSSR count). The summed E-state index contributed by atoms with van der Waals surface area (Å²) in [5, 5.41) is 16.2. The highest BCUT2D eigenvalue weighted by Crippen LogP contribution is 2.36. The summed E-state index contributed by atoms with van der Waals surface area (Å²) < 4.78 is 30.7. The highest BCUT2D eigenvalue weighted by Gasteiger charge is 2.39. The van der Waals surface area contributed by atoms with Gasteiger partial charge in [-0.05, 0) is 24.3 Å². The highest BCUT2D eigenvalue weighted by molar-refractivity contribution is 6.31. The van der Waals surface area contributed by atoms with Crippen LogP contribution < -0.4 is 15.4 Å². The van der Waals surface area contributed by atoms with E-state index in [2.05, 4.69) is 26.6 Å². The first kappa shape index (κ1) is 26.8. The van der Waals surface area contributed by atoms with E-state index >= 15 is 0 Å². The molecule has 1 spiro atoms. The predicted octanol–water partition coefficient (Wildman–Crippen LogP) is 4.98. The van der Waals surface area contributed by atoms with E-state index in [1.807, 2.05) is 6.08 Å². The van der Waals surface area contributed by atoms with Gasteiger partial charge in [0, 0.05) is 61.9 Å². The number of hydrogen-bond acceptors (Lipinski definition) is 8. The molecule has 9 nitrogen and oxygen atoms in total. The van der Waals surface area contributed by atoms with E-state index in [0.717, 1.165) is 25.9 Å². The number of halogens is 2. The average molecular weight is 552 g/mol. The summed E-state index contributed by atoms with van der Waals surface area (Å²) in [4.78, 5) is 19.4. The topological polar surface area (TPSA) is 109 Å². The number of nitriles is 1. The van der Waals surface area contributed by atoms with Crippen LogP contribution in [-0.4, -0.2) is 61.5 Å². The SMILES string of the molecule is COc1cc2ncc(C#N)c(Nc3ccc(F)c(Cl)c3)c2cc1NC(=O)C=CCN1CCC2(CC1)OCCO2. The van der Waals surface area contributed by atoms with Crippen molar-refractivity contribution in [2.75, 3.05) is 50.6 Å². The third-order valence-corrected chi connectivity index (χ3v) is 7.11. The molecule has 0 bridgehead atoms. The number of methoxy groups -OCH3 is 1. The van der Waals surface area contributed by atoms with Crippen molar-refractivity contribution in [3.05, 3.63) is 65.1 Å². The van der Waals surface area contributed by atoms with Crippen molar-refractivity contribution in [3.63, 3.8) is 0 Å². The lowest BCUT2D eigenvalue weighted by molar-refractivity contribution is -0.184. The number of aromatic nitrogens is 1. The van der Waals surface area contributed by atoms with Crippen LogP contribution in [0.15, 0.2) is 48.7 Å². The van der Waals surface area contributed by atoms with Crippen LogP contribution in [0.5, 0.6) is 5.75 Å². The van der Waals surface area contributed by atoms with E-state index in [1.165, 1.54) is 37.6 Å². The molecule has 0 unspecified atom stereocenters. The van der Waals surface area contributed by atoms with E-state index in [0.29, 0.717) is 53.5 Å². The molecule has 2 aromatic carbocycles. The maximum absolute atomic E-state index is 13.7. The molecule has 2 aliphatic rings. The fourth-order valence-corrected chi connectivity index (χ4v) is 4.95. The number of nitrogens with zero attached hydrogens (tertiary/aromatic N) is 3. The van der Waals surface area contributed by atoms with Crippen molar-refractivity contribution in [3.8, 4) is 11.8 Å². The van der Waals surface area contributed by atoms with Crippen molar-refractivity contribution in [2.45, 2.75) is 18.6 Å². The largest absolute Gasteiger partial charge is 0.494 e. The Bertz CT molecular complexity index is 1460. The van der Waals surface area contributed by atoms with Crippen molar-refractivity contribution in [1.29, 1.82) is 5.26 Å². The van der Waals surface area contributed by atoms with Gasteiger partial charge in [-0.15, -0.1) is 0 Å². The highest BCUT2D eigenvalue weighted by atomic mass is 35.5. The van der Waals surface area contributed by atoms with Gasteiger partial charge >= 0.3 is 0 Å². The molecule has 3 heterocycles. The van der Waals surface area contributed by atoms with E-state index < -0.39 is 11.6 Å². The number of likely N-dealkylation sites (tertiary alicyclic amines) is 1. The Kier molecular flexibility index (Phi) is 7.95. The summed E-state index contributed by atoms with van der Waals surface area (Å²) in [5.74, 6) is -0.893. The van der Waals surface area contributed by atoms with Gasteiger partial charge in [-0.1, -0.05) is 17.7 Å². The first-order valence-corrected chi connectivity index (χ1v) is 12.9. The minimum absolute atomic E-state index is 0.0532. The molecule has 39 heavy (non-hydrogen) atoms.